The lowest BCUT2D eigenvalue weighted by Gasteiger charge is -2.28. The molecule has 2 saturated carbocycles. The third kappa shape index (κ3) is 2.67. The number of halogens is 1. The summed E-state index contributed by atoms with van der Waals surface area (Å²) in [7, 11) is 0. The van der Waals surface area contributed by atoms with E-state index in [1.54, 1.807) is 0 Å². The van der Waals surface area contributed by atoms with E-state index in [0.717, 1.165) is 21.0 Å². The zero-order chi connectivity index (χ0) is 13.4. The van der Waals surface area contributed by atoms with E-state index in [4.69, 9.17) is 0 Å². The van der Waals surface area contributed by atoms with Gasteiger partial charge in [-0.1, -0.05) is 18.6 Å². The summed E-state index contributed by atoms with van der Waals surface area (Å²) in [5.41, 5.74) is 0.804. The molecule has 0 spiro atoms. The quantitative estimate of drug-likeness (QED) is 0.806. The van der Waals surface area contributed by atoms with E-state index < -0.39 is 0 Å². The van der Waals surface area contributed by atoms with Gasteiger partial charge in [0.25, 0.3) is 5.91 Å². The highest BCUT2D eigenvalue weighted by atomic mass is 127. The lowest BCUT2D eigenvalue weighted by atomic mass is 9.84. The lowest BCUT2D eigenvalue weighted by molar-refractivity contribution is 0.0914. The molecule has 19 heavy (non-hydrogen) atoms. The van der Waals surface area contributed by atoms with Crippen LogP contribution in [-0.4, -0.2) is 11.9 Å². The number of hydrogen-bond donors (Lipinski definition) is 1. The fourth-order valence-corrected chi connectivity index (χ4v) is 4.58. The summed E-state index contributed by atoms with van der Waals surface area (Å²) in [6.07, 6.45) is 5.50. The summed E-state index contributed by atoms with van der Waals surface area (Å²) >= 11 is 2.23. The molecule has 0 aliphatic heterocycles. The first-order valence-corrected chi connectivity index (χ1v) is 8.28. The number of carbonyl (C=O) groups excluding carboxylic acids is 1. The maximum atomic E-state index is 12.3. The van der Waals surface area contributed by atoms with Crippen LogP contribution in [0, 0.1) is 21.3 Å². The number of fused-ring (bicyclic) bond motifs is 2. The second-order valence-electron chi connectivity index (χ2n) is 6.08. The van der Waals surface area contributed by atoms with Crippen molar-refractivity contribution in [1.29, 1.82) is 0 Å². The van der Waals surface area contributed by atoms with Crippen molar-refractivity contribution < 1.29 is 4.79 Å². The van der Waals surface area contributed by atoms with Gasteiger partial charge < -0.3 is 5.32 Å². The van der Waals surface area contributed by atoms with E-state index in [1.807, 2.05) is 24.3 Å². The molecule has 2 aliphatic carbocycles. The van der Waals surface area contributed by atoms with Crippen LogP contribution in [-0.2, 0) is 0 Å². The van der Waals surface area contributed by atoms with E-state index in [1.165, 1.54) is 25.7 Å². The topological polar surface area (TPSA) is 29.1 Å². The second-order valence-corrected chi connectivity index (χ2v) is 7.24. The minimum absolute atomic E-state index is 0.0836. The van der Waals surface area contributed by atoms with Crippen LogP contribution < -0.4 is 5.32 Å². The monoisotopic (exact) mass is 369 g/mol. The largest absolute Gasteiger partial charge is 0.349 e. The van der Waals surface area contributed by atoms with Crippen LogP contribution in [0.3, 0.4) is 0 Å². The van der Waals surface area contributed by atoms with Gasteiger partial charge in [0.15, 0.2) is 0 Å². The molecule has 0 unspecified atom stereocenters. The van der Waals surface area contributed by atoms with Crippen molar-refractivity contribution >= 4 is 28.5 Å². The molecule has 1 N–H and O–H groups in total. The smallest absolute Gasteiger partial charge is 0.252 e. The van der Waals surface area contributed by atoms with Crippen LogP contribution in [0.5, 0.6) is 0 Å². The van der Waals surface area contributed by atoms with Crippen LogP contribution in [0.2, 0.25) is 0 Å². The lowest BCUT2D eigenvalue weighted by Crippen LogP contribution is -2.40. The molecule has 2 fully saturated rings. The number of hydrogen-bond acceptors (Lipinski definition) is 1. The maximum Gasteiger partial charge on any atom is 0.252 e. The molecule has 2 aliphatic rings. The maximum absolute atomic E-state index is 12.3. The van der Waals surface area contributed by atoms with Gasteiger partial charge in [0, 0.05) is 9.61 Å². The van der Waals surface area contributed by atoms with Crippen molar-refractivity contribution in [2.75, 3.05) is 0 Å². The van der Waals surface area contributed by atoms with E-state index in [0.29, 0.717) is 12.0 Å². The second kappa shape index (κ2) is 5.43. The average molecular weight is 369 g/mol. The molecule has 3 heteroatoms. The van der Waals surface area contributed by atoms with Gasteiger partial charge in [-0.2, -0.15) is 0 Å². The number of rotatable bonds is 3. The Morgan fingerprint density at radius 2 is 2.11 bits per heavy atom. The van der Waals surface area contributed by atoms with E-state index in [2.05, 4.69) is 34.8 Å². The standard InChI is InChI=1S/C16H20INO/c1-10(14-9-11-6-7-12(14)8-11)18-16(19)13-4-2-3-5-15(13)17/h2-5,10-12,14H,6-9H2,1H3,(H,18,19)/t10-,11-,12-,14-/m0/s1. The highest BCUT2D eigenvalue weighted by Gasteiger charge is 2.42. The zero-order valence-electron chi connectivity index (χ0n) is 11.2. The molecule has 102 valence electrons. The molecule has 1 aromatic rings. The molecule has 4 atom stereocenters. The predicted molar refractivity (Wildman–Crippen MR) is 85.0 cm³/mol. The Bertz CT molecular complexity index is 487. The number of nitrogens with one attached hydrogen (secondary N) is 1. The first-order valence-electron chi connectivity index (χ1n) is 7.20. The molecule has 0 aromatic heterocycles. The van der Waals surface area contributed by atoms with Crippen LogP contribution >= 0.6 is 22.6 Å². The fraction of sp³-hybridized carbons (Fsp3) is 0.562. The predicted octanol–water partition coefficient (Wildman–Crippen LogP) is 3.85. The Labute approximate surface area is 128 Å². The van der Waals surface area contributed by atoms with Crippen molar-refractivity contribution in [3.05, 3.63) is 33.4 Å². The van der Waals surface area contributed by atoms with Gasteiger partial charge in [0.2, 0.25) is 0 Å². The zero-order valence-corrected chi connectivity index (χ0v) is 13.4. The Morgan fingerprint density at radius 3 is 2.74 bits per heavy atom. The average Bonchev–Trinajstić information content (AvgIpc) is 3.01. The molecule has 2 nitrogen and oxygen atoms in total. The summed E-state index contributed by atoms with van der Waals surface area (Å²) in [6, 6.07) is 8.10. The number of carbonyl (C=O) groups is 1. The highest BCUT2D eigenvalue weighted by molar-refractivity contribution is 14.1. The van der Waals surface area contributed by atoms with Gasteiger partial charge in [0.05, 0.1) is 5.56 Å². The van der Waals surface area contributed by atoms with Crippen LogP contribution in [0.4, 0.5) is 0 Å². The van der Waals surface area contributed by atoms with Gasteiger partial charge in [-0.15, -0.1) is 0 Å². The minimum atomic E-state index is 0.0836. The van der Waals surface area contributed by atoms with Crippen molar-refractivity contribution in [3.8, 4) is 0 Å². The number of amides is 1. The summed E-state index contributed by atoms with van der Waals surface area (Å²) in [5.74, 6) is 2.57. The summed E-state index contributed by atoms with van der Waals surface area (Å²) in [4.78, 5) is 12.3. The van der Waals surface area contributed by atoms with E-state index >= 15 is 0 Å². The summed E-state index contributed by atoms with van der Waals surface area (Å²) in [6.45, 7) is 2.18. The highest BCUT2D eigenvalue weighted by Crippen LogP contribution is 2.49. The van der Waals surface area contributed by atoms with Crippen LogP contribution in [0.15, 0.2) is 24.3 Å². The van der Waals surface area contributed by atoms with Gasteiger partial charge in [0.1, 0.15) is 0 Å². The molecule has 3 rings (SSSR count). The molecule has 0 heterocycles. The normalized spacial score (nSPS) is 30.3. The SMILES string of the molecule is C[C@H](NC(=O)c1ccccc1I)[C@@H]1C[C@H]2CC[C@H]1C2. The van der Waals surface area contributed by atoms with Crippen molar-refractivity contribution in [2.45, 2.75) is 38.6 Å². The number of benzene rings is 1. The molecule has 2 bridgehead atoms. The van der Waals surface area contributed by atoms with Gasteiger partial charge in [-0.3, -0.25) is 4.79 Å². The summed E-state index contributed by atoms with van der Waals surface area (Å²) in [5, 5.41) is 3.22. The fourth-order valence-electron chi connectivity index (χ4n) is 3.94. The Morgan fingerprint density at radius 1 is 1.32 bits per heavy atom. The molecular weight excluding hydrogens is 349 g/mol. The van der Waals surface area contributed by atoms with Gasteiger partial charge >= 0.3 is 0 Å². The van der Waals surface area contributed by atoms with Crippen molar-refractivity contribution in [3.63, 3.8) is 0 Å². The van der Waals surface area contributed by atoms with E-state index in [9.17, 15) is 4.79 Å². The van der Waals surface area contributed by atoms with Gasteiger partial charge in [-0.05, 0) is 78.7 Å². The third-order valence-electron chi connectivity index (χ3n) is 4.91. The van der Waals surface area contributed by atoms with Crippen molar-refractivity contribution in [1.82, 2.24) is 5.32 Å². The molecule has 1 amide bonds. The third-order valence-corrected chi connectivity index (χ3v) is 5.85. The Hall–Kier alpha value is -0.580. The Balaban J connectivity index is 1.65. The first-order chi connectivity index (χ1) is 9.15. The van der Waals surface area contributed by atoms with Crippen LogP contribution in [0.1, 0.15) is 43.0 Å². The van der Waals surface area contributed by atoms with Crippen LogP contribution in [0.25, 0.3) is 0 Å². The van der Waals surface area contributed by atoms with Crippen molar-refractivity contribution in [2.24, 2.45) is 17.8 Å². The van der Waals surface area contributed by atoms with E-state index in [-0.39, 0.29) is 5.91 Å². The minimum Gasteiger partial charge on any atom is -0.349 e. The molecular formula is C16H20INO. The van der Waals surface area contributed by atoms with Gasteiger partial charge in [-0.25, -0.2) is 0 Å². The first kappa shape index (κ1) is 13.4. The molecule has 1 aromatic carbocycles. The molecule has 0 radical (unpaired) electrons. The molecule has 0 saturated heterocycles. The Kier molecular flexibility index (Phi) is 3.83. The summed E-state index contributed by atoms with van der Waals surface area (Å²) < 4.78 is 1.03.